The lowest BCUT2D eigenvalue weighted by Crippen LogP contribution is -2.48. The van der Waals surface area contributed by atoms with Crippen molar-refractivity contribution in [2.45, 2.75) is 50.6 Å². The Hall–Kier alpha value is -3.06. The SMILES string of the molecule is NC(=O)CN1CC[C@@H](CNc2ncnc(N(Cc3ccc(C(F)(F)F)nc3)C3CCC3)c2F)[C@@H](O)C1. The number of hydrogen-bond donors (Lipinski definition) is 3. The molecule has 0 unspecified atom stereocenters. The molecule has 0 aromatic carbocycles. The van der Waals surface area contributed by atoms with E-state index in [0.29, 0.717) is 25.1 Å². The Morgan fingerprint density at radius 1 is 1.22 bits per heavy atom. The molecule has 1 aliphatic heterocycles. The van der Waals surface area contributed by atoms with E-state index in [1.54, 1.807) is 9.80 Å². The van der Waals surface area contributed by atoms with Crippen LogP contribution in [0.3, 0.4) is 0 Å². The highest BCUT2D eigenvalue weighted by molar-refractivity contribution is 5.75. The maximum absolute atomic E-state index is 15.5. The quantitative estimate of drug-likeness (QED) is 0.438. The number of alkyl halides is 3. The molecule has 13 heteroatoms. The molecule has 36 heavy (non-hydrogen) atoms. The molecule has 2 aromatic heterocycles. The molecule has 3 heterocycles. The normalized spacial score (nSPS) is 21.1. The smallest absolute Gasteiger partial charge is 0.391 e. The van der Waals surface area contributed by atoms with Crippen molar-refractivity contribution in [3.05, 3.63) is 41.7 Å². The number of carbonyl (C=O) groups excluding carboxylic acids is 1. The van der Waals surface area contributed by atoms with Gasteiger partial charge in [0.15, 0.2) is 11.6 Å². The number of β-amino-alcohol motifs (C(OH)–C–C–N with tert-alkyl or cyclic N) is 1. The first-order chi connectivity index (χ1) is 17.1. The van der Waals surface area contributed by atoms with Gasteiger partial charge in [-0.25, -0.2) is 9.97 Å². The van der Waals surface area contributed by atoms with Crippen LogP contribution in [-0.2, 0) is 17.5 Å². The van der Waals surface area contributed by atoms with E-state index < -0.39 is 29.7 Å². The number of rotatable bonds is 9. The summed E-state index contributed by atoms with van der Waals surface area (Å²) in [6.45, 7) is 1.38. The maximum Gasteiger partial charge on any atom is 0.433 e. The molecular weight excluding hydrogens is 482 g/mol. The molecule has 2 aromatic rings. The van der Waals surface area contributed by atoms with E-state index in [2.05, 4.69) is 20.3 Å². The number of carbonyl (C=O) groups is 1. The predicted molar refractivity (Wildman–Crippen MR) is 123 cm³/mol. The average Bonchev–Trinajstić information content (AvgIpc) is 2.77. The Labute approximate surface area is 205 Å². The number of aliphatic hydroxyl groups is 1. The largest absolute Gasteiger partial charge is 0.433 e. The number of nitrogens with one attached hydrogen (secondary N) is 1. The van der Waals surface area contributed by atoms with Gasteiger partial charge in [-0.15, -0.1) is 0 Å². The Morgan fingerprint density at radius 2 is 2.00 bits per heavy atom. The van der Waals surface area contributed by atoms with E-state index in [1.807, 2.05) is 0 Å². The standard InChI is InChI=1S/C23H29F4N7O2/c24-20-21(30-9-15-6-7-33(11-17(15)35)12-19(28)36)31-13-32-22(20)34(16-2-1-3-16)10-14-4-5-18(29-8-14)23(25,26)27/h4-5,8,13,15-17,35H,1-3,6-7,9-12H2,(H2,28,36)(H,30,31,32)/t15-,17-/m0/s1. The van der Waals surface area contributed by atoms with Crippen molar-refractivity contribution in [3.63, 3.8) is 0 Å². The number of nitrogens with zero attached hydrogens (tertiary/aromatic N) is 5. The van der Waals surface area contributed by atoms with Crippen LogP contribution in [0.1, 0.15) is 36.9 Å². The Balaban J connectivity index is 1.45. The van der Waals surface area contributed by atoms with E-state index in [4.69, 9.17) is 5.73 Å². The molecule has 0 bridgehead atoms. The summed E-state index contributed by atoms with van der Waals surface area (Å²) in [5, 5.41) is 13.4. The number of piperidine rings is 1. The summed E-state index contributed by atoms with van der Waals surface area (Å²) in [5.41, 5.74) is 4.74. The van der Waals surface area contributed by atoms with Gasteiger partial charge in [0.2, 0.25) is 11.7 Å². The van der Waals surface area contributed by atoms with Crippen LogP contribution < -0.4 is 16.0 Å². The summed E-state index contributed by atoms with van der Waals surface area (Å²) < 4.78 is 54.1. The summed E-state index contributed by atoms with van der Waals surface area (Å²) in [7, 11) is 0. The predicted octanol–water partition coefficient (Wildman–Crippen LogP) is 2.17. The molecule has 1 aliphatic carbocycles. The number of aliphatic hydroxyl groups excluding tert-OH is 1. The van der Waals surface area contributed by atoms with Gasteiger partial charge in [-0.1, -0.05) is 6.07 Å². The van der Waals surface area contributed by atoms with Crippen LogP contribution in [-0.4, -0.2) is 69.2 Å². The zero-order valence-electron chi connectivity index (χ0n) is 19.6. The minimum Gasteiger partial charge on any atom is -0.391 e. The minimum absolute atomic E-state index is 0.000878. The van der Waals surface area contributed by atoms with Crippen LogP contribution in [0.2, 0.25) is 0 Å². The first-order valence-corrected chi connectivity index (χ1v) is 11.8. The molecule has 2 fully saturated rings. The molecule has 4 rings (SSSR count). The van der Waals surface area contributed by atoms with Gasteiger partial charge >= 0.3 is 6.18 Å². The lowest BCUT2D eigenvalue weighted by molar-refractivity contribution is -0.141. The molecule has 1 amide bonds. The van der Waals surface area contributed by atoms with Crippen molar-refractivity contribution in [2.75, 3.05) is 36.4 Å². The van der Waals surface area contributed by atoms with Gasteiger partial charge in [0.25, 0.3) is 0 Å². The third-order valence-corrected chi connectivity index (χ3v) is 6.74. The lowest BCUT2D eigenvalue weighted by Gasteiger charge is -2.38. The fourth-order valence-corrected chi connectivity index (χ4v) is 4.52. The van der Waals surface area contributed by atoms with E-state index in [9.17, 15) is 23.1 Å². The number of halogens is 4. The summed E-state index contributed by atoms with van der Waals surface area (Å²) in [6, 6.07) is 2.25. The fourth-order valence-electron chi connectivity index (χ4n) is 4.52. The number of pyridine rings is 1. The third-order valence-electron chi connectivity index (χ3n) is 6.74. The average molecular weight is 512 g/mol. The van der Waals surface area contributed by atoms with Crippen LogP contribution >= 0.6 is 0 Å². The topological polar surface area (TPSA) is 120 Å². The van der Waals surface area contributed by atoms with Crippen molar-refractivity contribution in [1.29, 1.82) is 0 Å². The molecule has 9 nitrogen and oxygen atoms in total. The number of amides is 1. The van der Waals surface area contributed by atoms with Crippen molar-refractivity contribution in [3.8, 4) is 0 Å². The number of aromatic nitrogens is 3. The van der Waals surface area contributed by atoms with Gasteiger partial charge < -0.3 is 21.1 Å². The molecule has 0 spiro atoms. The molecule has 1 saturated heterocycles. The first kappa shape index (κ1) is 26.0. The van der Waals surface area contributed by atoms with Gasteiger partial charge in [0.1, 0.15) is 12.0 Å². The number of hydrogen-bond acceptors (Lipinski definition) is 8. The summed E-state index contributed by atoms with van der Waals surface area (Å²) in [4.78, 5) is 26.3. The van der Waals surface area contributed by atoms with Gasteiger partial charge in [-0.3, -0.25) is 14.7 Å². The summed E-state index contributed by atoms with van der Waals surface area (Å²) in [6.07, 6.45) is 0.340. The van der Waals surface area contributed by atoms with Gasteiger partial charge in [0, 0.05) is 37.8 Å². The number of anilines is 2. The van der Waals surface area contributed by atoms with Crippen molar-refractivity contribution in [2.24, 2.45) is 11.7 Å². The molecular formula is C23H29F4N7O2. The molecule has 4 N–H and O–H groups in total. The van der Waals surface area contributed by atoms with Crippen LogP contribution in [0.25, 0.3) is 0 Å². The van der Waals surface area contributed by atoms with E-state index >= 15 is 4.39 Å². The van der Waals surface area contributed by atoms with Gasteiger partial charge in [-0.2, -0.15) is 17.6 Å². The van der Waals surface area contributed by atoms with Crippen LogP contribution in [0, 0.1) is 11.7 Å². The third kappa shape index (κ3) is 6.19. The summed E-state index contributed by atoms with van der Waals surface area (Å²) >= 11 is 0. The monoisotopic (exact) mass is 511 g/mol. The second-order valence-corrected chi connectivity index (χ2v) is 9.32. The number of primary amides is 1. The first-order valence-electron chi connectivity index (χ1n) is 11.8. The van der Waals surface area contributed by atoms with E-state index in [-0.39, 0.29) is 43.2 Å². The highest BCUT2D eigenvalue weighted by atomic mass is 19.4. The van der Waals surface area contributed by atoms with Crippen LogP contribution in [0.4, 0.5) is 29.2 Å². The second-order valence-electron chi connectivity index (χ2n) is 9.32. The van der Waals surface area contributed by atoms with Crippen molar-refractivity contribution < 1.29 is 27.5 Å². The Bertz CT molecular complexity index is 1050. The molecule has 196 valence electrons. The van der Waals surface area contributed by atoms with Crippen LogP contribution in [0.15, 0.2) is 24.7 Å². The highest BCUT2D eigenvalue weighted by Crippen LogP contribution is 2.33. The second kappa shape index (κ2) is 10.9. The lowest BCUT2D eigenvalue weighted by atomic mass is 9.91. The van der Waals surface area contributed by atoms with E-state index in [0.717, 1.165) is 31.5 Å². The molecule has 2 aliphatic rings. The number of nitrogens with two attached hydrogens (primary N) is 1. The van der Waals surface area contributed by atoms with Gasteiger partial charge in [-0.05, 0) is 43.9 Å². The number of likely N-dealkylation sites (tertiary alicyclic amines) is 1. The van der Waals surface area contributed by atoms with E-state index in [1.165, 1.54) is 12.4 Å². The van der Waals surface area contributed by atoms with Gasteiger partial charge in [0.05, 0.1) is 12.6 Å². The zero-order valence-corrected chi connectivity index (χ0v) is 19.6. The fraction of sp³-hybridized carbons (Fsp3) is 0.565. The molecule has 0 radical (unpaired) electrons. The minimum atomic E-state index is -4.53. The molecule has 1 saturated carbocycles. The Morgan fingerprint density at radius 3 is 2.58 bits per heavy atom. The molecule has 2 atom stereocenters. The zero-order chi connectivity index (χ0) is 25.9. The Kier molecular flexibility index (Phi) is 7.88. The van der Waals surface area contributed by atoms with Crippen molar-refractivity contribution in [1.82, 2.24) is 19.9 Å². The summed E-state index contributed by atoms with van der Waals surface area (Å²) in [5.74, 6) is -1.24. The van der Waals surface area contributed by atoms with Crippen LogP contribution in [0.5, 0.6) is 0 Å². The maximum atomic E-state index is 15.5. The highest BCUT2D eigenvalue weighted by Gasteiger charge is 2.33. The van der Waals surface area contributed by atoms with Crippen molar-refractivity contribution >= 4 is 17.5 Å².